The van der Waals surface area contributed by atoms with Gasteiger partial charge < -0.3 is 14.2 Å². The number of alkyl halides is 2. The Hall–Kier alpha value is -0.700. The standard InChI is InChI=1S/C8H12F2O3/c1-3-4-12-5-6-13-7-8(9,10)11-2/h1H,4-7H2,2H3. The van der Waals surface area contributed by atoms with E-state index in [0.29, 0.717) is 0 Å². The average molecular weight is 194 g/mol. The summed E-state index contributed by atoms with van der Waals surface area (Å²) in [7, 11) is 0.915. The fraction of sp³-hybridized carbons (Fsp3) is 0.750. The molecule has 0 aromatic carbocycles. The number of terminal acetylenes is 1. The van der Waals surface area contributed by atoms with Crippen molar-refractivity contribution in [3.05, 3.63) is 0 Å². The second-order valence-corrected chi connectivity index (χ2v) is 2.15. The average Bonchev–Trinajstić information content (AvgIpc) is 2.11. The maximum Gasteiger partial charge on any atom is 0.378 e. The van der Waals surface area contributed by atoms with Crippen LogP contribution in [0.15, 0.2) is 0 Å². The predicted molar refractivity (Wildman–Crippen MR) is 42.4 cm³/mol. The summed E-state index contributed by atoms with van der Waals surface area (Å²) in [5, 5.41) is 0. The van der Waals surface area contributed by atoms with Gasteiger partial charge in [-0.2, -0.15) is 8.78 Å². The number of hydrogen-bond acceptors (Lipinski definition) is 3. The summed E-state index contributed by atoms with van der Waals surface area (Å²) >= 11 is 0. The molecule has 0 atom stereocenters. The maximum atomic E-state index is 12.3. The molecule has 0 aliphatic heterocycles. The molecule has 0 spiro atoms. The largest absolute Gasteiger partial charge is 0.378 e. The van der Waals surface area contributed by atoms with Crippen LogP contribution in [0.3, 0.4) is 0 Å². The molecule has 0 aliphatic carbocycles. The van der Waals surface area contributed by atoms with Crippen LogP contribution in [0.1, 0.15) is 0 Å². The van der Waals surface area contributed by atoms with Gasteiger partial charge in [0.25, 0.3) is 0 Å². The van der Waals surface area contributed by atoms with E-state index in [-0.39, 0.29) is 19.8 Å². The van der Waals surface area contributed by atoms with Crippen LogP contribution in [-0.4, -0.2) is 39.6 Å². The van der Waals surface area contributed by atoms with Crippen molar-refractivity contribution in [3.8, 4) is 12.3 Å². The molecule has 0 saturated carbocycles. The molecule has 0 N–H and O–H groups in total. The summed E-state index contributed by atoms with van der Waals surface area (Å²) in [6, 6.07) is 0. The highest BCUT2D eigenvalue weighted by Crippen LogP contribution is 2.13. The molecule has 0 bridgehead atoms. The summed E-state index contributed by atoms with van der Waals surface area (Å²) < 4.78 is 37.8. The first-order chi connectivity index (χ1) is 6.12. The van der Waals surface area contributed by atoms with Crippen molar-refractivity contribution in [2.75, 3.05) is 33.5 Å². The van der Waals surface area contributed by atoms with Gasteiger partial charge in [0.15, 0.2) is 0 Å². The van der Waals surface area contributed by atoms with Crippen LogP contribution in [0.5, 0.6) is 0 Å². The fourth-order valence-electron chi connectivity index (χ4n) is 0.499. The van der Waals surface area contributed by atoms with E-state index in [1.54, 1.807) is 0 Å². The van der Waals surface area contributed by atoms with Crippen LogP contribution in [0.2, 0.25) is 0 Å². The van der Waals surface area contributed by atoms with E-state index in [0.717, 1.165) is 7.11 Å². The summed E-state index contributed by atoms with van der Waals surface area (Å²) in [5.41, 5.74) is 0. The number of ether oxygens (including phenoxy) is 3. The first kappa shape index (κ1) is 12.3. The summed E-state index contributed by atoms with van der Waals surface area (Å²) in [6.45, 7) is -0.350. The lowest BCUT2D eigenvalue weighted by molar-refractivity contribution is -0.250. The van der Waals surface area contributed by atoms with E-state index in [1.807, 2.05) is 0 Å². The molecule has 0 aliphatic rings. The molecule has 0 unspecified atom stereocenters. The Labute approximate surface area is 76.0 Å². The second kappa shape index (κ2) is 6.78. The van der Waals surface area contributed by atoms with Crippen molar-refractivity contribution in [2.45, 2.75) is 6.11 Å². The third kappa shape index (κ3) is 7.65. The molecule has 0 radical (unpaired) electrons. The monoisotopic (exact) mass is 194 g/mol. The van der Waals surface area contributed by atoms with Gasteiger partial charge in [-0.3, -0.25) is 0 Å². The predicted octanol–water partition coefficient (Wildman–Crippen LogP) is 0.892. The van der Waals surface area contributed by atoms with E-state index in [1.165, 1.54) is 0 Å². The van der Waals surface area contributed by atoms with Gasteiger partial charge in [-0.1, -0.05) is 5.92 Å². The minimum atomic E-state index is -3.23. The summed E-state index contributed by atoms with van der Waals surface area (Å²) in [5.74, 6) is 2.24. The summed E-state index contributed by atoms with van der Waals surface area (Å²) in [6.07, 6.45) is 1.65. The first-order valence-electron chi connectivity index (χ1n) is 3.64. The Kier molecular flexibility index (Phi) is 6.41. The van der Waals surface area contributed by atoms with Crippen molar-refractivity contribution in [1.82, 2.24) is 0 Å². The van der Waals surface area contributed by atoms with Crippen molar-refractivity contribution in [2.24, 2.45) is 0 Å². The Morgan fingerprint density at radius 3 is 2.46 bits per heavy atom. The number of methoxy groups -OCH3 is 1. The van der Waals surface area contributed by atoms with Crippen LogP contribution >= 0.6 is 0 Å². The minimum absolute atomic E-state index is 0.0701. The van der Waals surface area contributed by atoms with Crippen LogP contribution in [0.4, 0.5) is 8.78 Å². The van der Waals surface area contributed by atoms with E-state index >= 15 is 0 Å². The van der Waals surface area contributed by atoms with Gasteiger partial charge in [-0.15, -0.1) is 6.42 Å². The fourth-order valence-corrected chi connectivity index (χ4v) is 0.499. The SMILES string of the molecule is C#CCOCCOCC(F)(F)OC. The smallest absolute Gasteiger partial charge is 0.370 e. The maximum absolute atomic E-state index is 12.3. The van der Waals surface area contributed by atoms with Crippen LogP contribution in [0, 0.1) is 12.3 Å². The van der Waals surface area contributed by atoms with Gasteiger partial charge in [0.05, 0.1) is 13.2 Å². The Morgan fingerprint density at radius 2 is 1.92 bits per heavy atom. The highest BCUT2D eigenvalue weighted by molar-refractivity contribution is 4.82. The third-order valence-electron chi connectivity index (χ3n) is 1.13. The molecule has 5 heteroatoms. The molecular weight excluding hydrogens is 182 g/mol. The lowest BCUT2D eigenvalue weighted by Crippen LogP contribution is -2.26. The second-order valence-electron chi connectivity index (χ2n) is 2.15. The van der Waals surface area contributed by atoms with Crippen molar-refractivity contribution >= 4 is 0 Å². The number of rotatable bonds is 7. The van der Waals surface area contributed by atoms with Crippen molar-refractivity contribution < 1.29 is 23.0 Å². The molecule has 0 rings (SSSR count). The molecular formula is C8H12F2O3. The van der Waals surface area contributed by atoms with E-state index in [4.69, 9.17) is 11.2 Å². The zero-order valence-electron chi connectivity index (χ0n) is 7.39. The lowest BCUT2D eigenvalue weighted by atomic mass is 10.6. The normalized spacial score (nSPS) is 11.2. The molecule has 0 heterocycles. The molecule has 0 fully saturated rings. The van der Waals surface area contributed by atoms with Gasteiger partial charge in [-0.25, -0.2) is 0 Å². The quantitative estimate of drug-likeness (QED) is 0.445. The highest BCUT2D eigenvalue weighted by atomic mass is 19.3. The van der Waals surface area contributed by atoms with E-state index < -0.39 is 12.7 Å². The first-order valence-corrected chi connectivity index (χ1v) is 3.64. The van der Waals surface area contributed by atoms with Crippen LogP contribution in [0.25, 0.3) is 0 Å². The van der Waals surface area contributed by atoms with Gasteiger partial charge in [0.2, 0.25) is 0 Å². The molecule has 76 valence electrons. The molecule has 0 amide bonds. The van der Waals surface area contributed by atoms with Crippen molar-refractivity contribution in [3.63, 3.8) is 0 Å². The molecule has 13 heavy (non-hydrogen) atoms. The molecule has 0 aromatic rings. The third-order valence-corrected chi connectivity index (χ3v) is 1.13. The van der Waals surface area contributed by atoms with E-state index in [9.17, 15) is 8.78 Å². The van der Waals surface area contributed by atoms with E-state index in [2.05, 4.69) is 15.4 Å². The number of hydrogen-bond donors (Lipinski definition) is 0. The Morgan fingerprint density at radius 1 is 1.31 bits per heavy atom. The zero-order chi connectivity index (χ0) is 10.2. The lowest BCUT2D eigenvalue weighted by Gasteiger charge is -2.13. The molecule has 3 nitrogen and oxygen atoms in total. The van der Waals surface area contributed by atoms with Crippen molar-refractivity contribution in [1.29, 1.82) is 0 Å². The van der Waals surface area contributed by atoms with Crippen LogP contribution in [-0.2, 0) is 14.2 Å². The van der Waals surface area contributed by atoms with Gasteiger partial charge in [-0.05, 0) is 0 Å². The molecule has 0 saturated heterocycles. The minimum Gasteiger partial charge on any atom is -0.370 e. The summed E-state index contributed by atoms with van der Waals surface area (Å²) in [4.78, 5) is 0. The zero-order valence-corrected chi connectivity index (χ0v) is 7.39. The van der Waals surface area contributed by atoms with Gasteiger partial charge in [0, 0.05) is 7.11 Å². The Bertz CT molecular complexity index is 165. The van der Waals surface area contributed by atoms with Gasteiger partial charge >= 0.3 is 6.11 Å². The number of halogens is 2. The van der Waals surface area contributed by atoms with Crippen LogP contribution < -0.4 is 0 Å². The topological polar surface area (TPSA) is 27.7 Å². The molecule has 0 aromatic heterocycles. The Balaban J connectivity index is 3.22. The van der Waals surface area contributed by atoms with Gasteiger partial charge in [0.1, 0.15) is 13.2 Å². The highest BCUT2D eigenvalue weighted by Gasteiger charge is 2.28.